The molecule has 3 rings (SSSR count). The van der Waals surface area contributed by atoms with Gasteiger partial charge in [0.2, 0.25) is 0 Å². The zero-order valence-electron chi connectivity index (χ0n) is 15.9. The predicted molar refractivity (Wildman–Crippen MR) is 111 cm³/mol. The van der Waals surface area contributed by atoms with Crippen molar-refractivity contribution in [2.45, 2.75) is 13.0 Å². The topological polar surface area (TPSA) is 67.1 Å². The normalized spacial score (nSPS) is 11.4. The van der Waals surface area contributed by atoms with Gasteiger partial charge in [0.1, 0.15) is 5.75 Å². The van der Waals surface area contributed by atoms with Gasteiger partial charge in [0.25, 0.3) is 0 Å². The van der Waals surface area contributed by atoms with E-state index in [2.05, 4.69) is 9.95 Å². The van der Waals surface area contributed by atoms with Gasteiger partial charge in [-0.3, -0.25) is 0 Å². The highest BCUT2D eigenvalue weighted by atomic mass is 32.1. The molecule has 0 saturated heterocycles. The fourth-order valence-electron chi connectivity index (χ4n) is 2.80. The van der Waals surface area contributed by atoms with Crippen molar-refractivity contribution in [3.05, 3.63) is 64.8 Å². The van der Waals surface area contributed by atoms with Crippen LogP contribution in [0.3, 0.4) is 0 Å². The molecule has 0 radical (unpaired) electrons. The molecule has 1 aromatic heterocycles. The van der Waals surface area contributed by atoms with Crippen molar-refractivity contribution >= 4 is 23.1 Å². The first-order valence-electron chi connectivity index (χ1n) is 8.95. The van der Waals surface area contributed by atoms with Crippen molar-refractivity contribution in [1.82, 2.24) is 9.47 Å². The number of para-hydroxylation sites is 1. The van der Waals surface area contributed by atoms with Gasteiger partial charge in [0.05, 0.1) is 18.5 Å². The van der Waals surface area contributed by atoms with Crippen molar-refractivity contribution in [1.29, 1.82) is 0 Å². The van der Waals surface area contributed by atoms with E-state index in [1.165, 1.54) is 4.90 Å². The van der Waals surface area contributed by atoms with Crippen LogP contribution >= 0.6 is 11.3 Å². The Bertz CT molecular complexity index is 978. The smallest absolute Gasteiger partial charge is 0.407 e. The molecule has 3 aromatic rings. The number of hydrogen-bond acceptors (Lipinski definition) is 4. The minimum atomic E-state index is -0.917. The molecular weight excluding hydrogens is 374 g/mol. The van der Waals surface area contributed by atoms with E-state index in [1.807, 2.05) is 54.6 Å². The van der Waals surface area contributed by atoms with E-state index < -0.39 is 6.09 Å². The first-order valence-corrected chi connectivity index (χ1v) is 9.83. The molecule has 146 valence electrons. The van der Waals surface area contributed by atoms with Crippen LogP contribution in [0.15, 0.2) is 65.0 Å². The fraction of sp³-hybridized carbons (Fsp3) is 0.238. The minimum Gasteiger partial charge on any atom is -0.497 e. The maximum atomic E-state index is 11.0. The van der Waals surface area contributed by atoms with Crippen molar-refractivity contribution < 1.29 is 14.6 Å². The molecule has 7 heteroatoms. The number of hydrogen-bond donors (Lipinski definition) is 1. The number of methoxy groups -OCH3 is 1. The van der Waals surface area contributed by atoms with Gasteiger partial charge in [-0.15, -0.1) is 11.3 Å². The van der Waals surface area contributed by atoms with E-state index in [0.29, 0.717) is 19.5 Å². The molecule has 0 aliphatic carbocycles. The van der Waals surface area contributed by atoms with Crippen molar-refractivity contribution in [2.24, 2.45) is 4.99 Å². The molecule has 1 amide bonds. The fourth-order valence-corrected chi connectivity index (χ4v) is 3.76. The number of rotatable bonds is 7. The second kappa shape index (κ2) is 9.23. The van der Waals surface area contributed by atoms with Gasteiger partial charge >= 0.3 is 6.09 Å². The minimum absolute atomic E-state index is 0.463. The number of carboxylic acid groups (broad SMARTS) is 1. The summed E-state index contributed by atoms with van der Waals surface area (Å²) < 4.78 is 7.40. The first-order chi connectivity index (χ1) is 13.6. The molecule has 0 atom stereocenters. The number of aromatic nitrogens is 1. The molecule has 0 unspecified atom stereocenters. The second-order valence-corrected chi connectivity index (χ2v) is 7.13. The number of amides is 1. The van der Waals surface area contributed by atoms with E-state index in [4.69, 9.17) is 14.8 Å². The lowest BCUT2D eigenvalue weighted by molar-refractivity contribution is 0.155. The number of carbonyl (C=O) groups is 1. The molecule has 1 heterocycles. The number of nitrogens with zero attached hydrogens (tertiary/aromatic N) is 3. The standard InChI is InChI=1S/C21H23N3O3S/c1-23(21(25)26)13-6-14-24-19(16-9-11-18(27-2)12-10-16)15-28-20(24)22-17-7-4-3-5-8-17/h3-5,7-12,15H,6,13-14H2,1-2H3,(H,25,26). The van der Waals surface area contributed by atoms with Crippen molar-refractivity contribution in [3.8, 4) is 17.0 Å². The van der Waals surface area contributed by atoms with E-state index in [-0.39, 0.29) is 0 Å². The molecule has 28 heavy (non-hydrogen) atoms. The highest BCUT2D eigenvalue weighted by Gasteiger charge is 2.10. The zero-order chi connectivity index (χ0) is 19.9. The molecule has 0 saturated carbocycles. The van der Waals surface area contributed by atoms with E-state index in [1.54, 1.807) is 25.5 Å². The van der Waals surface area contributed by atoms with Crippen LogP contribution in [0.4, 0.5) is 10.5 Å². The predicted octanol–water partition coefficient (Wildman–Crippen LogP) is 4.46. The summed E-state index contributed by atoms with van der Waals surface area (Å²) >= 11 is 1.58. The van der Waals surface area contributed by atoms with Crippen molar-refractivity contribution in [3.63, 3.8) is 0 Å². The van der Waals surface area contributed by atoms with Gasteiger partial charge in [-0.25, -0.2) is 9.79 Å². The summed E-state index contributed by atoms with van der Waals surface area (Å²) in [6.45, 7) is 1.14. The lowest BCUT2D eigenvalue weighted by Gasteiger charge is -2.14. The van der Waals surface area contributed by atoms with E-state index in [0.717, 1.165) is 27.5 Å². The first kappa shape index (κ1) is 19.7. The number of thiazole rings is 1. The summed E-state index contributed by atoms with van der Waals surface area (Å²) in [5.41, 5.74) is 3.01. The van der Waals surface area contributed by atoms with Gasteiger partial charge < -0.3 is 19.3 Å². The third-order valence-corrected chi connectivity index (χ3v) is 5.23. The van der Waals surface area contributed by atoms with E-state index >= 15 is 0 Å². The molecular formula is C21H23N3O3S. The van der Waals surface area contributed by atoms with Gasteiger partial charge in [-0.1, -0.05) is 18.2 Å². The van der Waals surface area contributed by atoms with Crippen LogP contribution in [-0.4, -0.2) is 41.4 Å². The van der Waals surface area contributed by atoms with Crippen LogP contribution in [-0.2, 0) is 6.54 Å². The van der Waals surface area contributed by atoms with Crippen LogP contribution in [0, 0.1) is 0 Å². The molecule has 6 nitrogen and oxygen atoms in total. The molecule has 1 N–H and O–H groups in total. The Morgan fingerprint density at radius 3 is 2.54 bits per heavy atom. The van der Waals surface area contributed by atoms with Crippen LogP contribution in [0.1, 0.15) is 6.42 Å². The largest absolute Gasteiger partial charge is 0.497 e. The monoisotopic (exact) mass is 397 g/mol. The highest BCUT2D eigenvalue weighted by molar-refractivity contribution is 7.07. The summed E-state index contributed by atoms with van der Waals surface area (Å²) in [5, 5.41) is 11.1. The molecule has 0 aliphatic rings. The molecule has 0 bridgehead atoms. The van der Waals surface area contributed by atoms with Gasteiger partial charge in [0, 0.05) is 25.5 Å². The quantitative estimate of drug-likeness (QED) is 0.640. The molecule has 0 aliphatic heterocycles. The summed E-state index contributed by atoms with van der Waals surface area (Å²) in [6.07, 6.45) is -0.218. The Labute approximate surface area is 168 Å². The average molecular weight is 398 g/mol. The van der Waals surface area contributed by atoms with E-state index in [9.17, 15) is 4.79 Å². The summed E-state index contributed by atoms with van der Waals surface area (Å²) in [4.78, 5) is 18.0. The van der Waals surface area contributed by atoms with Crippen LogP contribution in [0.2, 0.25) is 0 Å². The average Bonchev–Trinajstić information content (AvgIpc) is 3.11. The lowest BCUT2D eigenvalue weighted by Crippen LogP contribution is -2.27. The molecule has 0 spiro atoms. The molecule has 2 aromatic carbocycles. The van der Waals surface area contributed by atoms with Crippen LogP contribution in [0.5, 0.6) is 5.75 Å². The third kappa shape index (κ3) is 4.80. The Hall–Kier alpha value is -3.06. The zero-order valence-corrected chi connectivity index (χ0v) is 16.7. The molecule has 0 fully saturated rings. The Kier molecular flexibility index (Phi) is 6.49. The summed E-state index contributed by atoms with van der Waals surface area (Å²) in [5.74, 6) is 0.808. The Morgan fingerprint density at radius 1 is 1.18 bits per heavy atom. The lowest BCUT2D eigenvalue weighted by atomic mass is 10.1. The number of benzene rings is 2. The summed E-state index contributed by atoms with van der Waals surface area (Å²) in [7, 11) is 3.23. The van der Waals surface area contributed by atoms with Gasteiger partial charge in [-0.2, -0.15) is 0 Å². The maximum absolute atomic E-state index is 11.0. The Morgan fingerprint density at radius 2 is 1.89 bits per heavy atom. The maximum Gasteiger partial charge on any atom is 0.407 e. The third-order valence-electron chi connectivity index (χ3n) is 4.37. The SMILES string of the molecule is COc1ccc(-c2csc(=Nc3ccccc3)n2CCCN(C)C(=O)O)cc1. The van der Waals surface area contributed by atoms with Crippen LogP contribution in [0.25, 0.3) is 11.3 Å². The van der Waals surface area contributed by atoms with Gasteiger partial charge in [0.15, 0.2) is 4.80 Å². The summed E-state index contributed by atoms with van der Waals surface area (Å²) in [6, 6.07) is 17.7. The second-order valence-electron chi connectivity index (χ2n) is 6.29. The van der Waals surface area contributed by atoms with Gasteiger partial charge in [-0.05, 0) is 48.4 Å². The highest BCUT2D eigenvalue weighted by Crippen LogP contribution is 2.24. The number of ether oxygens (including phenoxy) is 1. The Balaban J connectivity index is 1.94. The van der Waals surface area contributed by atoms with Crippen LogP contribution < -0.4 is 9.54 Å². The van der Waals surface area contributed by atoms with Crippen molar-refractivity contribution in [2.75, 3.05) is 20.7 Å².